The summed E-state index contributed by atoms with van der Waals surface area (Å²) >= 11 is 1.39. The van der Waals surface area contributed by atoms with E-state index in [1.807, 2.05) is 48.5 Å². The highest BCUT2D eigenvalue weighted by Gasteiger charge is 2.32. The Balaban J connectivity index is 1.21. The van der Waals surface area contributed by atoms with Crippen LogP contribution in [0.3, 0.4) is 0 Å². The smallest absolute Gasteiger partial charge is 0.341 e. The van der Waals surface area contributed by atoms with Crippen LogP contribution in [0, 0.1) is 0 Å². The van der Waals surface area contributed by atoms with E-state index < -0.39 is 23.9 Å². The minimum atomic E-state index is -1.12. The number of anilines is 1. The number of hydrogen-bond acceptors (Lipinski definition) is 7. The first-order valence-corrected chi connectivity index (χ1v) is 15.2. The fraction of sp³-hybridized carbons (Fsp3) is 0.235. The number of esters is 2. The van der Waals surface area contributed by atoms with Gasteiger partial charge in [-0.2, -0.15) is 0 Å². The van der Waals surface area contributed by atoms with Gasteiger partial charge in [0.25, 0.3) is 5.91 Å². The van der Waals surface area contributed by atoms with Gasteiger partial charge in [-0.1, -0.05) is 60.7 Å². The average molecular weight is 594 g/mol. The van der Waals surface area contributed by atoms with Gasteiger partial charge < -0.3 is 19.8 Å². The number of thiophene rings is 1. The van der Waals surface area contributed by atoms with E-state index in [4.69, 9.17) is 9.47 Å². The molecule has 0 fully saturated rings. The molecular weight excluding hydrogens is 562 g/mol. The van der Waals surface area contributed by atoms with Gasteiger partial charge in [0.2, 0.25) is 0 Å². The maximum Gasteiger partial charge on any atom is 0.341 e. The molecule has 5 aromatic rings. The Morgan fingerprint density at radius 2 is 1.74 bits per heavy atom. The van der Waals surface area contributed by atoms with Gasteiger partial charge in [-0.05, 0) is 68.4 Å². The molecule has 0 bridgehead atoms. The third-order valence-corrected chi connectivity index (χ3v) is 8.87. The Morgan fingerprint density at radius 1 is 1.00 bits per heavy atom. The van der Waals surface area contributed by atoms with Crippen molar-refractivity contribution in [1.82, 2.24) is 9.97 Å². The van der Waals surface area contributed by atoms with Gasteiger partial charge in [0, 0.05) is 10.4 Å². The van der Waals surface area contributed by atoms with Crippen LogP contribution in [0.1, 0.15) is 62.9 Å². The molecule has 3 aromatic carbocycles. The lowest BCUT2D eigenvalue weighted by Crippen LogP contribution is -2.30. The standard InChI is InChI=1S/C34H31N3O5S/c1-3-41-34(40)29-25-18-17-22(21-11-5-4-6-12-21)19-28(25)43-32(29)37-31(38)20(2)42-33(39)24-14-8-7-13-23(24)30-35-26-15-9-10-16-27(26)36-30/h4-16,20,22H,3,17-19H2,1-2H3,(H,35,36)(H,37,38). The highest BCUT2D eigenvalue weighted by atomic mass is 32.1. The second kappa shape index (κ2) is 12.2. The van der Waals surface area contributed by atoms with Crippen molar-refractivity contribution >= 4 is 45.2 Å². The summed E-state index contributed by atoms with van der Waals surface area (Å²) in [5.41, 5.74) is 5.06. The zero-order chi connectivity index (χ0) is 29.9. The number of aromatic amines is 1. The second-order valence-electron chi connectivity index (χ2n) is 10.5. The van der Waals surface area contributed by atoms with Crippen LogP contribution < -0.4 is 5.32 Å². The first-order chi connectivity index (χ1) is 20.9. The summed E-state index contributed by atoms with van der Waals surface area (Å²) in [7, 11) is 0. The quantitative estimate of drug-likeness (QED) is 0.189. The fourth-order valence-corrected chi connectivity index (χ4v) is 6.86. The molecule has 1 amide bonds. The summed E-state index contributed by atoms with van der Waals surface area (Å²) in [6.07, 6.45) is 1.25. The van der Waals surface area contributed by atoms with Crippen molar-refractivity contribution in [2.24, 2.45) is 0 Å². The zero-order valence-electron chi connectivity index (χ0n) is 23.9. The lowest BCUT2D eigenvalue weighted by molar-refractivity contribution is -0.123. The van der Waals surface area contributed by atoms with Gasteiger partial charge in [-0.15, -0.1) is 11.3 Å². The Bertz CT molecular complexity index is 1780. The van der Waals surface area contributed by atoms with Gasteiger partial charge in [0.05, 0.1) is 28.8 Å². The number of carbonyl (C=O) groups is 3. The number of aromatic nitrogens is 2. The summed E-state index contributed by atoms with van der Waals surface area (Å²) in [6, 6.07) is 24.9. The molecule has 2 unspecified atom stereocenters. The molecule has 6 rings (SSSR count). The van der Waals surface area contributed by atoms with Crippen LogP contribution >= 0.6 is 11.3 Å². The van der Waals surface area contributed by atoms with Gasteiger partial charge in [0.15, 0.2) is 6.10 Å². The van der Waals surface area contributed by atoms with E-state index in [1.165, 1.54) is 23.8 Å². The third-order valence-electron chi connectivity index (χ3n) is 7.70. The van der Waals surface area contributed by atoms with Crippen molar-refractivity contribution in [3.8, 4) is 11.4 Å². The number of hydrogen-bond donors (Lipinski definition) is 2. The summed E-state index contributed by atoms with van der Waals surface area (Å²) in [5, 5.41) is 3.29. The van der Waals surface area contributed by atoms with E-state index in [0.717, 1.165) is 34.3 Å². The van der Waals surface area contributed by atoms with Gasteiger partial charge in [-0.25, -0.2) is 14.6 Å². The van der Waals surface area contributed by atoms with Crippen LogP contribution in [0.2, 0.25) is 0 Å². The number of para-hydroxylation sites is 2. The maximum absolute atomic E-state index is 13.3. The van der Waals surface area contributed by atoms with E-state index in [9.17, 15) is 14.4 Å². The molecule has 218 valence electrons. The lowest BCUT2D eigenvalue weighted by atomic mass is 9.83. The van der Waals surface area contributed by atoms with Crippen LogP contribution in [-0.2, 0) is 27.1 Å². The van der Waals surface area contributed by atoms with Crippen LogP contribution in [0.15, 0.2) is 78.9 Å². The topological polar surface area (TPSA) is 110 Å². The lowest BCUT2D eigenvalue weighted by Gasteiger charge is -2.23. The minimum absolute atomic E-state index is 0.224. The molecule has 2 heterocycles. The van der Waals surface area contributed by atoms with Gasteiger partial charge in [0.1, 0.15) is 10.8 Å². The number of benzene rings is 3. The van der Waals surface area contributed by atoms with E-state index in [-0.39, 0.29) is 12.2 Å². The van der Waals surface area contributed by atoms with Crippen molar-refractivity contribution < 1.29 is 23.9 Å². The Morgan fingerprint density at radius 3 is 2.53 bits per heavy atom. The predicted octanol–water partition coefficient (Wildman–Crippen LogP) is 6.92. The predicted molar refractivity (Wildman–Crippen MR) is 167 cm³/mol. The number of rotatable bonds is 8. The molecule has 9 heteroatoms. The van der Waals surface area contributed by atoms with Crippen LogP contribution in [0.4, 0.5) is 5.00 Å². The monoisotopic (exact) mass is 593 g/mol. The van der Waals surface area contributed by atoms with Crippen molar-refractivity contribution in [2.45, 2.75) is 45.1 Å². The molecule has 0 spiro atoms. The van der Waals surface area contributed by atoms with Gasteiger partial charge in [-0.3, -0.25) is 4.79 Å². The van der Waals surface area contributed by atoms with Crippen molar-refractivity contribution in [2.75, 3.05) is 11.9 Å². The van der Waals surface area contributed by atoms with E-state index in [1.54, 1.807) is 25.1 Å². The largest absolute Gasteiger partial charge is 0.462 e. The first kappa shape index (κ1) is 28.4. The molecule has 1 aliphatic carbocycles. The number of imidazole rings is 1. The second-order valence-corrected chi connectivity index (χ2v) is 11.6. The number of nitrogens with zero attached hydrogens (tertiary/aromatic N) is 1. The number of nitrogens with one attached hydrogen (secondary N) is 2. The summed E-state index contributed by atoms with van der Waals surface area (Å²) in [6.45, 7) is 3.49. The fourth-order valence-electron chi connectivity index (χ4n) is 5.54. The van der Waals surface area contributed by atoms with Crippen LogP contribution in [-0.4, -0.2) is 40.5 Å². The molecule has 43 heavy (non-hydrogen) atoms. The molecule has 0 saturated heterocycles. The SMILES string of the molecule is CCOC(=O)c1c(NC(=O)C(C)OC(=O)c2ccccc2-c2nc3ccccc3[nH]2)sc2c1CCC(c1ccccc1)C2. The molecule has 2 N–H and O–H groups in total. The van der Waals surface area contributed by atoms with Crippen LogP contribution in [0.25, 0.3) is 22.4 Å². The number of fused-ring (bicyclic) bond motifs is 2. The average Bonchev–Trinajstić information content (AvgIpc) is 3.62. The number of amides is 1. The summed E-state index contributed by atoms with van der Waals surface area (Å²) < 4.78 is 11.0. The normalized spacial score (nSPS) is 15.0. The Kier molecular flexibility index (Phi) is 8.07. The molecule has 0 saturated carbocycles. The molecule has 1 aliphatic rings. The molecular formula is C34H31N3O5S. The molecule has 0 aliphatic heterocycles. The van der Waals surface area contributed by atoms with Crippen molar-refractivity contribution in [3.05, 3.63) is 106 Å². The molecule has 2 atom stereocenters. The molecule has 0 radical (unpaired) electrons. The number of H-pyrrole nitrogens is 1. The zero-order valence-corrected chi connectivity index (χ0v) is 24.7. The Labute approximate surface area is 253 Å². The van der Waals surface area contributed by atoms with E-state index in [2.05, 4.69) is 27.4 Å². The Hall–Kier alpha value is -4.76. The number of carbonyl (C=O) groups excluding carboxylic acids is 3. The first-order valence-electron chi connectivity index (χ1n) is 14.4. The van der Waals surface area contributed by atoms with Gasteiger partial charge >= 0.3 is 11.9 Å². The third kappa shape index (κ3) is 5.81. The van der Waals surface area contributed by atoms with Crippen molar-refractivity contribution in [3.63, 3.8) is 0 Å². The minimum Gasteiger partial charge on any atom is -0.462 e. The summed E-state index contributed by atoms with van der Waals surface area (Å²) in [4.78, 5) is 48.6. The van der Waals surface area contributed by atoms with Crippen LogP contribution in [0.5, 0.6) is 0 Å². The number of ether oxygens (including phenoxy) is 2. The van der Waals surface area contributed by atoms with Crippen molar-refractivity contribution in [1.29, 1.82) is 0 Å². The molecule has 8 nitrogen and oxygen atoms in total. The maximum atomic E-state index is 13.3. The van der Waals surface area contributed by atoms with E-state index >= 15 is 0 Å². The molecule has 2 aromatic heterocycles. The highest BCUT2D eigenvalue weighted by Crippen LogP contribution is 2.43. The summed E-state index contributed by atoms with van der Waals surface area (Å²) in [5.74, 6) is -0.780. The van der Waals surface area contributed by atoms with E-state index in [0.29, 0.717) is 34.3 Å². The highest BCUT2D eigenvalue weighted by molar-refractivity contribution is 7.17.